The summed E-state index contributed by atoms with van der Waals surface area (Å²) in [7, 11) is 0. The van der Waals surface area contributed by atoms with Crippen LogP contribution < -0.4 is 5.32 Å². The van der Waals surface area contributed by atoms with Crippen molar-refractivity contribution < 1.29 is 9.18 Å². The fourth-order valence-corrected chi connectivity index (χ4v) is 3.82. The molecule has 2 rings (SSSR count). The van der Waals surface area contributed by atoms with E-state index in [9.17, 15) is 9.18 Å². The third-order valence-electron chi connectivity index (χ3n) is 2.60. The Kier molecular flexibility index (Phi) is 4.99. The second-order valence-electron chi connectivity index (χ2n) is 4.18. The van der Waals surface area contributed by atoms with E-state index in [0.717, 1.165) is 14.5 Å². The molecule has 2 aromatic rings. The Morgan fingerprint density at radius 2 is 1.65 bits per heavy atom. The first kappa shape index (κ1) is 15.7. The van der Waals surface area contributed by atoms with E-state index >= 15 is 0 Å². The molecule has 104 valence electrons. The second kappa shape index (κ2) is 6.37. The molecule has 0 spiro atoms. The van der Waals surface area contributed by atoms with Gasteiger partial charge in [0.05, 0.1) is 11.3 Å². The molecule has 1 amide bonds. The van der Waals surface area contributed by atoms with Gasteiger partial charge in [0.15, 0.2) is 0 Å². The molecule has 0 atom stereocenters. The summed E-state index contributed by atoms with van der Waals surface area (Å²) in [5.41, 5.74) is 2.06. The fraction of sp³-hybridized carbons (Fsp3) is 0.0714. The first-order chi connectivity index (χ1) is 9.38. The van der Waals surface area contributed by atoms with Gasteiger partial charge in [-0.05, 0) is 90.6 Å². The summed E-state index contributed by atoms with van der Waals surface area (Å²) < 4.78 is 15.0. The van der Waals surface area contributed by atoms with Crippen molar-refractivity contribution in [2.75, 3.05) is 5.32 Å². The number of rotatable bonds is 2. The molecule has 6 heteroatoms. The highest BCUT2D eigenvalue weighted by molar-refractivity contribution is 9.11. The van der Waals surface area contributed by atoms with Crippen LogP contribution in [0.2, 0.25) is 0 Å². The van der Waals surface area contributed by atoms with Crippen molar-refractivity contribution in [3.8, 4) is 0 Å². The van der Waals surface area contributed by atoms with Gasteiger partial charge in [0, 0.05) is 13.4 Å². The van der Waals surface area contributed by atoms with Crippen LogP contribution in [-0.2, 0) is 0 Å². The predicted molar refractivity (Wildman–Crippen MR) is 88.6 cm³/mol. The van der Waals surface area contributed by atoms with E-state index in [-0.39, 0.29) is 5.91 Å². The summed E-state index contributed by atoms with van der Waals surface area (Å²) in [5, 5.41) is 2.80. The van der Waals surface area contributed by atoms with Gasteiger partial charge < -0.3 is 5.32 Å². The number of aryl methyl sites for hydroxylation is 1. The molecule has 0 radical (unpaired) electrons. The molecule has 0 fully saturated rings. The Bertz CT molecular complexity index is 665. The summed E-state index contributed by atoms with van der Waals surface area (Å²) in [6.07, 6.45) is 0. The average molecular weight is 466 g/mol. The molecule has 0 aliphatic rings. The topological polar surface area (TPSA) is 29.1 Å². The van der Waals surface area contributed by atoms with Crippen LogP contribution in [0.4, 0.5) is 10.1 Å². The molecule has 0 aliphatic heterocycles. The van der Waals surface area contributed by atoms with Crippen molar-refractivity contribution in [2.45, 2.75) is 6.92 Å². The minimum absolute atomic E-state index is 0.317. The minimum Gasteiger partial charge on any atom is -0.320 e. The van der Waals surface area contributed by atoms with Crippen LogP contribution in [0.1, 0.15) is 15.9 Å². The van der Waals surface area contributed by atoms with Crippen LogP contribution in [0.5, 0.6) is 0 Å². The van der Waals surface area contributed by atoms with Crippen LogP contribution in [0.15, 0.2) is 43.7 Å². The number of hydrogen-bond acceptors (Lipinski definition) is 1. The Balaban J connectivity index is 2.33. The first-order valence-corrected chi connectivity index (χ1v) is 7.98. The van der Waals surface area contributed by atoms with E-state index in [4.69, 9.17) is 0 Å². The highest BCUT2D eigenvalue weighted by atomic mass is 79.9. The number of anilines is 1. The van der Waals surface area contributed by atoms with Crippen LogP contribution in [0, 0.1) is 12.7 Å². The van der Waals surface area contributed by atoms with E-state index in [1.807, 2.05) is 19.1 Å². The Morgan fingerprint density at radius 1 is 1.05 bits per heavy atom. The number of carbonyl (C=O) groups excluding carboxylic acids is 1. The quantitative estimate of drug-likeness (QED) is 0.608. The number of nitrogens with one attached hydrogen (secondary N) is 1. The molecule has 20 heavy (non-hydrogen) atoms. The Hall–Kier alpha value is -0.720. The van der Waals surface area contributed by atoms with Crippen molar-refractivity contribution >= 4 is 59.4 Å². The zero-order chi connectivity index (χ0) is 14.9. The maximum absolute atomic E-state index is 13.0. The third-order valence-corrected chi connectivity index (χ3v) is 4.51. The van der Waals surface area contributed by atoms with Gasteiger partial charge in [-0.1, -0.05) is 0 Å². The maximum atomic E-state index is 13.0. The smallest absolute Gasteiger partial charge is 0.256 e. The molecule has 2 aromatic carbocycles. The van der Waals surface area contributed by atoms with Gasteiger partial charge in [-0.2, -0.15) is 0 Å². The average Bonchev–Trinajstić information content (AvgIpc) is 2.33. The summed E-state index contributed by atoms with van der Waals surface area (Å²) in [4.78, 5) is 12.2. The molecule has 0 saturated carbocycles. The predicted octanol–water partition coefficient (Wildman–Crippen LogP) is 5.67. The normalized spacial score (nSPS) is 10.4. The molecule has 0 saturated heterocycles. The lowest BCUT2D eigenvalue weighted by Crippen LogP contribution is -2.13. The maximum Gasteiger partial charge on any atom is 0.256 e. The van der Waals surface area contributed by atoms with E-state index in [0.29, 0.717) is 15.7 Å². The lowest BCUT2D eigenvalue weighted by atomic mass is 10.2. The lowest BCUT2D eigenvalue weighted by molar-refractivity contribution is 0.102. The second-order valence-corrected chi connectivity index (χ2v) is 6.74. The molecule has 2 nitrogen and oxygen atoms in total. The monoisotopic (exact) mass is 463 g/mol. The Labute approximate surface area is 141 Å². The van der Waals surface area contributed by atoms with Gasteiger partial charge in [-0.25, -0.2) is 4.39 Å². The largest absolute Gasteiger partial charge is 0.320 e. The summed E-state index contributed by atoms with van der Waals surface area (Å²) >= 11 is 10.0. The highest BCUT2D eigenvalue weighted by Crippen LogP contribution is 2.33. The number of benzene rings is 2. The molecule has 1 N–H and O–H groups in total. The van der Waals surface area contributed by atoms with Crippen molar-refractivity contribution in [1.29, 1.82) is 0 Å². The zero-order valence-electron chi connectivity index (χ0n) is 10.3. The SMILES string of the molecule is Cc1cc(Br)c(NC(=O)c2ccc(F)cc2Br)c(Br)c1. The van der Waals surface area contributed by atoms with E-state index in [1.54, 1.807) is 0 Å². The molecule has 0 unspecified atom stereocenters. The van der Waals surface area contributed by atoms with Gasteiger partial charge >= 0.3 is 0 Å². The van der Waals surface area contributed by atoms with E-state index < -0.39 is 5.82 Å². The van der Waals surface area contributed by atoms with Gasteiger partial charge in [0.1, 0.15) is 5.82 Å². The van der Waals surface area contributed by atoms with Gasteiger partial charge in [-0.3, -0.25) is 4.79 Å². The van der Waals surface area contributed by atoms with Crippen molar-refractivity contribution in [1.82, 2.24) is 0 Å². The molecule has 0 aliphatic carbocycles. The van der Waals surface area contributed by atoms with Gasteiger partial charge in [-0.15, -0.1) is 0 Å². The standard InChI is InChI=1S/C14H9Br3FNO/c1-7-4-11(16)13(12(17)5-7)19-14(20)9-3-2-8(18)6-10(9)15/h2-6H,1H3,(H,19,20). The van der Waals surface area contributed by atoms with Crippen LogP contribution in [-0.4, -0.2) is 5.91 Å². The number of carbonyl (C=O) groups is 1. The zero-order valence-corrected chi connectivity index (χ0v) is 15.1. The van der Waals surface area contributed by atoms with Crippen molar-refractivity contribution in [3.05, 3.63) is 60.7 Å². The lowest BCUT2D eigenvalue weighted by Gasteiger charge is -2.11. The van der Waals surface area contributed by atoms with Crippen molar-refractivity contribution in [2.24, 2.45) is 0 Å². The number of hydrogen-bond donors (Lipinski definition) is 1. The summed E-state index contributed by atoms with van der Waals surface area (Å²) in [5.74, 6) is -0.715. The van der Waals surface area contributed by atoms with Gasteiger partial charge in [0.2, 0.25) is 0 Å². The summed E-state index contributed by atoms with van der Waals surface area (Å²) in [6.45, 7) is 1.96. The summed E-state index contributed by atoms with van der Waals surface area (Å²) in [6, 6.07) is 7.75. The van der Waals surface area contributed by atoms with Crippen molar-refractivity contribution in [3.63, 3.8) is 0 Å². The third kappa shape index (κ3) is 3.48. The minimum atomic E-state index is -0.397. The van der Waals surface area contributed by atoms with Crippen LogP contribution in [0.25, 0.3) is 0 Å². The van der Waals surface area contributed by atoms with E-state index in [1.165, 1.54) is 18.2 Å². The molecular weight excluding hydrogens is 457 g/mol. The molecular formula is C14H9Br3FNO. The van der Waals surface area contributed by atoms with Crippen LogP contribution in [0.3, 0.4) is 0 Å². The highest BCUT2D eigenvalue weighted by Gasteiger charge is 2.14. The first-order valence-electron chi connectivity index (χ1n) is 5.60. The van der Waals surface area contributed by atoms with Gasteiger partial charge in [0.25, 0.3) is 5.91 Å². The molecule has 0 bridgehead atoms. The number of amides is 1. The number of halogens is 4. The molecule has 0 aromatic heterocycles. The Morgan fingerprint density at radius 3 is 2.20 bits per heavy atom. The van der Waals surface area contributed by atoms with E-state index in [2.05, 4.69) is 53.1 Å². The molecule has 0 heterocycles. The van der Waals surface area contributed by atoms with Crippen LogP contribution >= 0.6 is 47.8 Å². The fourth-order valence-electron chi connectivity index (χ4n) is 1.67.